The predicted molar refractivity (Wildman–Crippen MR) is 78.0 cm³/mol. The topological polar surface area (TPSA) is 81.4 Å². The van der Waals surface area contributed by atoms with E-state index in [9.17, 15) is 12.8 Å². The highest BCUT2D eigenvalue weighted by Gasteiger charge is 2.22. The molecule has 0 spiro atoms. The van der Waals surface area contributed by atoms with E-state index in [1.54, 1.807) is 11.8 Å². The first kappa shape index (κ1) is 15.4. The summed E-state index contributed by atoms with van der Waals surface area (Å²) in [6.07, 6.45) is 2.09. The summed E-state index contributed by atoms with van der Waals surface area (Å²) in [6.45, 7) is 0.348. The third-order valence-electron chi connectivity index (χ3n) is 3.09. The predicted octanol–water partition coefficient (Wildman–Crippen LogP) is 1.59. The molecule has 0 bridgehead atoms. The standard InChI is InChI=1S/C12H17FN2O3S2/c1-18-12-10(13)5-9(6-11(12)14)20(16,17)15-7-8-3-2-4-19-8/h5-6,8,15H,2-4,7,14H2,1H3. The fourth-order valence-electron chi connectivity index (χ4n) is 2.05. The van der Waals surface area contributed by atoms with Gasteiger partial charge in [0, 0.05) is 11.8 Å². The highest BCUT2D eigenvalue weighted by Crippen LogP contribution is 2.29. The number of nitrogen functional groups attached to an aromatic ring is 1. The van der Waals surface area contributed by atoms with Gasteiger partial charge >= 0.3 is 0 Å². The van der Waals surface area contributed by atoms with E-state index < -0.39 is 15.8 Å². The molecule has 1 heterocycles. The van der Waals surface area contributed by atoms with Gasteiger partial charge in [-0.3, -0.25) is 0 Å². The minimum Gasteiger partial charge on any atom is -0.492 e. The summed E-state index contributed by atoms with van der Waals surface area (Å²) < 4.78 is 45.2. The van der Waals surface area contributed by atoms with E-state index in [-0.39, 0.29) is 21.6 Å². The lowest BCUT2D eigenvalue weighted by Gasteiger charge is -2.12. The zero-order valence-corrected chi connectivity index (χ0v) is 12.7. The van der Waals surface area contributed by atoms with Crippen LogP contribution in [0.2, 0.25) is 0 Å². The van der Waals surface area contributed by atoms with Crippen LogP contribution in [0, 0.1) is 5.82 Å². The van der Waals surface area contributed by atoms with Gasteiger partial charge in [0.05, 0.1) is 17.7 Å². The van der Waals surface area contributed by atoms with E-state index in [0.717, 1.165) is 24.7 Å². The van der Waals surface area contributed by atoms with Crippen LogP contribution in [0.15, 0.2) is 17.0 Å². The Bertz CT molecular complexity index is 563. The molecule has 5 nitrogen and oxygen atoms in total. The Morgan fingerprint density at radius 1 is 1.55 bits per heavy atom. The molecule has 8 heteroatoms. The number of hydrogen-bond donors (Lipinski definition) is 2. The van der Waals surface area contributed by atoms with Crippen LogP contribution < -0.4 is 15.2 Å². The first-order valence-electron chi connectivity index (χ1n) is 6.18. The number of halogens is 1. The van der Waals surface area contributed by atoms with Crippen LogP contribution in [0.5, 0.6) is 5.75 Å². The van der Waals surface area contributed by atoms with Gasteiger partial charge in [0.2, 0.25) is 10.0 Å². The van der Waals surface area contributed by atoms with E-state index >= 15 is 0 Å². The molecule has 0 saturated carbocycles. The zero-order chi connectivity index (χ0) is 14.8. The summed E-state index contributed by atoms with van der Waals surface area (Å²) in [5.74, 6) is 0.120. The third kappa shape index (κ3) is 3.36. The molecular formula is C12H17FN2O3S2. The number of nitrogens with one attached hydrogen (secondary N) is 1. The average molecular weight is 320 g/mol. The molecule has 1 aliphatic rings. The van der Waals surface area contributed by atoms with E-state index in [1.807, 2.05) is 0 Å². The SMILES string of the molecule is COc1c(N)cc(S(=O)(=O)NCC2CCCS2)cc1F. The Morgan fingerprint density at radius 2 is 2.30 bits per heavy atom. The number of anilines is 1. The summed E-state index contributed by atoms with van der Waals surface area (Å²) in [4.78, 5) is -0.184. The maximum absolute atomic E-state index is 13.7. The van der Waals surface area contributed by atoms with Crippen LogP contribution in [0.3, 0.4) is 0 Å². The molecule has 1 saturated heterocycles. The molecule has 1 fully saturated rings. The molecule has 0 aromatic heterocycles. The molecular weight excluding hydrogens is 303 g/mol. The van der Waals surface area contributed by atoms with E-state index in [0.29, 0.717) is 6.54 Å². The van der Waals surface area contributed by atoms with Crippen molar-refractivity contribution in [3.63, 3.8) is 0 Å². The number of sulfonamides is 1. The molecule has 1 aromatic rings. The molecule has 2 rings (SSSR count). The first-order valence-corrected chi connectivity index (χ1v) is 8.71. The van der Waals surface area contributed by atoms with E-state index in [2.05, 4.69) is 4.72 Å². The lowest BCUT2D eigenvalue weighted by atomic mass is 10.2. The van der Waals surface area contributed by atoms with Crippen molar-refractivity contribution < 1.29 is 17.5 Å². The van der Waals surface area contributed by atoms with E-state index in [4.69, 9.17) is 10.5 Å². The van der Waals surface area contributed by atoms with Gasteiger partial charge in [-0.15, -0.1) is 0 Å². The van der Waals surface area contributed by atoms with Crippen molar-refractivity contribution in [1.29, 1.82) is 0 Å². The second kappa shape index (κ2) is 6.19. The third-order valence-corrected chi connectivity index (χ3v) is 5.89. The van der Waals surface area contributed by atoms with Crippen molar-refractivity contribution >= 4 is 27.5 Å². The summed E-state index contributed by atoms with van der Waals surface area (Å²) in [7, 11) is -2.48. The van der Waals surface area contributed by atoms with Gasteiger partial charge in [-0.25, -0.2) is 17.5 Å². The lowest BCUT2D eigenvalue weighted by molar-refractivity contribution is 0.388. The number of rotatable bonds is 5. The minimum absolute atomic E-state index is 0.0388. The van der Waals surface area contributed by atoms with Crippen LogP contribution in [0.25, 0.3) is 0 Å². The maximum Gasteiger partial charge on any atom is 0.240 e. The van der Waals surface area contributed by atoms with Gasteiger partial charge in [0.25, 0.3) is 0 Å². The molecule has 1 atom stereocenters. The van der Waals surface area contributed by atoms with Crippen molar-refractivity contribution in [1.82, 2.24) is 4.72 Å². The first-order chi connectivity index (χ1) is 9.44. The van der Waals surface area contributed by atoms with Crippen LogP contribution in [-0.2, 0) is 10.0 Å². The highest BCUT2D eigenvalue weighted by atomic mass is 32.2. The second-order valence-electron chi connectivity index (χ2n) is 4.51. The van der Waals surface area contributed by atoms with Crippen molar-refractivity contribution in [2.24, 2.45) is 0 Å². The molecule has 0 amide bonds. The van der Waals surface area contributed by atoms with Crippen LogP contribution in [-0.4, -0.2) is 33.1 Å². The van der Waals surface area contributed by atoms with Gasteiger partial charge in [0.15, 0.2) is 11.6 Å². The fourth-order valence-corrected chi connectivity index (χ4v) is 4.49. The lowest BCUT2D eigenvalue weighted by Crippen LogP contribution is -2.30. The smallest absolute Gasteiger partial charge is 0.240 e. The molecule has 1 aromatic carbocycles. The summed E-state index contributed by atoms with van der Waals surface area (Å²) >= 11 is 1.74. The summed E-state index contributed by atoms with van der Waals surface area (Å²) in [5.41, 5.74) is 5.55. The number of thioether (sulfide) groups is 1. The Labute approximate surface area is 122 Å². The average Bonchev–Trinajstić information content (AvgIpc) is 2.89. The van der Waals surface area contributed by atoms with Gasteiger partial charge < -0.3 is 10.5 Å². The highest BCUT2D eigenvalue weighted by molar-refractivity contribution is 8.00. The summed E-state index contributed by atoms with van der Waals surface area (Å²) in [5, 5.41) is 0.283. The Hall–Kier alpha value is -0.990. The van der Waals surface area contributed by atoms with E-state index in [1.165, 1.54) is 13.2 Å². The molecule has 1 aliphatic heterocycles. The Kier molecular flexibility index (Phi) is 4.77. The van der Waals surface area contributed by atoms with Gasteiger partial charge in [-0.2, -0.15) is 11.8 Å². The van der Waals surface area contributed by atoms with Gasteiger partial charge in [0.1, 0.15) is 0 Å². The normalized spacial score (nSPS) is 19.2. The Morgan fingerprint density at radius 3 is 2.85 bits per heavy atom. The van der Waals surface area contributed by atoms with Crippen molar-refractivity contribution in [3.8, 4) is 5.75 Å². The Balaban J connectivity index is 2.16. The van der Waals surface area contributed by atoms with Gasteiger partial charge in [-0.05, 0) is 30.7 Å². The number of benzene rings is 1. The van der Waals surface area contributed by atoms with Crippen molar-refractivity contribution in [2.45, 2.75) is 23.0 Å². The second-order valence-corrected chi connectivity index (χ2v) is 7.69. The van der Waals surface area contributed by atoms with Crippen molar-refractivity contribution in [3.05, 3.63) is 17.9 Å². The van der Waals surface area contributed by atoms with Gasteiger partial charge in [-0.1, -0.05) is 0 Å². The molecule has 112 valence electrons. The molecule has 1 unspecified atom stereocenters. The quantitative estimate of drug-likeness (QED) is 0.805. The number of ether oxygens (including phenoxy) is 1. The maximum atomic E-state index is 13.7. The molecule has 0 aliphatic carbocycles. The number of hydrogen-bond acceptors (Lipinski definition) is 5. The van der Waals surface area contributed by atoms with Crippen LogP contribution >= 0.6 is 11.8 Å². The van der Waals surface area contributed by atoms with Crippen molar-refractivity contribution in [2.75, 3.05) is 25.1 Å². The fraction of sp³-hybridized carbons (Fsp3) is 0.500. The number of nitrogens with two attached hydrogens (primary N) is 1. The molecule has 3 N–H and O–H groups in total. The largest absolute Gasteiger partial charge is 0.492 e. The monoisotopic (exact) mass is 320 g/mol. The molecule has 0 radical (unpaired) electrons. The minimum atomic E-state index is -3.76. The van der Waals surface area contributed by atoms with Crippen LogP contribution in [0.4, 0.5) is 10.1 Å². The summed E-state index contributed by atoms with van der Waals surface area (Å²) in [6, 6.07) is 2.12. The van der Waals surface area contributed by atoms with Crippen LogP contribution in [0.1, 0.15) is 12.8 Å². The zero-order valence-electron chi connectivity index (χ0n) is 11.1. The molecule has 20 heavy (non-hydrogen) atoms. The number of methoxy groups -OCH3 is 1.